The predicted molar refractivity (Wildman–Crippen MR) is 99.8 cm³/mol. The molecule has 2 N–H and O–H groups in total. The van der Waals surface area contributed by atoms with Crippen LogP contribution in [-0.2, 0) is 9.59 Å². The summed E-state index contributed by atoms with van der Waals surface area (Å²) in [7, 11) is 0. The number of carbonyl (C=O) groups excluding carboxylic acids is 2. The summed E-state index contributed by atoms with van der Waals surface area (Å²) in [4.78, 5) is 23.9. The Balaban J connectivity index is 1.63. The first kappa shape index (κ1) is 17.8. The molecule has 0 saturated heterocycles. The molecule has 1 heterocycles. The summed E-state index contributed by atoms with van der Waals surface area (Å²) >= 11 is 0. The van der Waals surface area contributed by atoms with Gasteiger partial charge in [0.25, 0.3) is 11.8 Å². The van der Waals surface area contributed by atoms with Crippen LogP contribution in [0.5, 0.6) is 11.5 Å². The highest BCUT2D eigenvalue weighted by atomic mass is 16.5. The van der Waals surface area contributed by atoms with Crippen molar-refractivity contribution in [2.75, 3.05) is 17.2 Å². The Morgan fingerprint density at radius 2 is 2.04 bits per heavy atom. The summed E-state index contributed by atoms with van der Waals surface area (Å²) in [5.41, 5.74) is 2.16. The highest BCUT2D eigenvalue weighted by Crippen LogP contribution is 2.32. The highest BCUT2D eigenvalue weighted by molar-refractivity contribution is 5.99. The molecule has 0 unspecified atom stereocenters. The molecule has 2 aromatic rings. The summed E-state index contributed by atoms with van der Waals surface area (Å²) in [6.45, 7) is 5.74. The molecule has 0 aliphatic carbocycles. The number of carbonyl (C=O) groups is 2. The van der Waals surface area contributed by atoms with Gasteiger partial charge in [-0.05, 0) is 42.7 Å². The monoisotopic (exact) mass is 354 g/mol. The summed E-state index contributed by atoms with van der Waals surface area (Å²) in [5, 5.41) is 5.52. The first-order chi connectivity index (χ1) is 12.4. The Labute approximate surface area is 152 Å². The van der Waals surface area contributed by atoms with Crippen molar-refractivity contribution in [3.8, 4) is 11.5 Å². The van der Waals surface area contributed by atoms with Crippen molar-refractivity contribution in [3.05, 3.63) is 48.0 Å². The number of rotatable bonds is 5. The average Bonchev–Trinajstić information content (AvgIpc) is 2.61. The molecule has 2 amide bonds. The number of benzene rings is 2. The molecule has 0 bridgehead atoms. The zero-order chi connectivity index (χ0) is 18.7. The topological polar surface area (TPSA) is 76.7 Å². The van der Waals surface area contributed by atoms with E-state index in [-0.39, 0.29) is 18.4 Å². The third-order valence-electron chi connectivity index (χ3n) is 4.09. The van der Waals surface area contributed by atoms with Crippen LogP contribution < -0.4 is 20.1 Å². The second-order valence-corrected chi connectivity index (χ2v) is 6.49. The van der Waals surface area contributed by atoms with Crippen molar-refractivity contribution in [2.45, 2.75) is 32.8 Å². The van der Waals surface area contributed by atoms with Crippen LogP contribution >= 0.6 is 0 Å². The van der Waals surface area contributed by atoms with Crippen LogP contribution in [0.4, 0.5) is 11.4 Å². The molecular formula is C20H22N2O4. The lowest BCUT2D eigenvalue weighted by molar-refractivity contribution is -0.122. The quantitative estimate of drug-likeness (QED) is 0.861. The molecular weight excluding hydrogens is 332 g/mol. The van der Waals surface area contributed by atoms with Crippen LogP contribution in [0, 0.1) is 0 Å². The fourth-order valence-corrected chi connectivity index (χ4v) is 2.72. The molecule has 2 aromatic carbocycles. The zero-order valence-corrected chi connectivity index (χ0v) is 15.0. The van der Waals surface area contributed by atoms with Crippen molar-refractivity contribution >= 4 is 23.2 Å². The molecule has 0 aromatic heterocycles. The number of ether oxygens (including phenoxy) is 2. The minimum Gasteiger partial charge on any atom is -0.483 e. The van der Waals surface area contributed by atoms with Crippen molar-refractivity contribution in [3.63, 3.8) is 0 Å². The van der Waals surface area contributed by atoms with E-state index in [1.165, 1.54) is 0 Å². The molecule has 1 aliphatic rings. The maximum Gasteiger partial charge on any atom is 0.265 e. The normalized spacial score (nSPS) is 15.7. The Hall–Kier alpha value is -3.02. The van der Waals surface area contributed by atoms with E-state index in [0.717, 1.165) is 5.56 Å². The molecule has 26 heavy (non-hydrogen) atoms. The number of nitrogens with one attached hydrogen (secondary N) is 2. The number of anilines is 2. The Bertz CT molecular complexity index is 832. The summed E-state index contributed by atoms with van der Waals surface area (Å²) < 4.78 is 11.2. The number of hydrogen-bond donors (Lipinski definition) is 2. The first-order valence-corrected chi connectivity index (χ1v) is 8.57. The van der Waals surface area contributed by atoms with Crippen molar-refractivity contribution in [2.24, 2.45) is 0 Å². The molecule has 0 radical (unpaired) electrons. The highest BCUT2D eigenvalue weighted by Gasteiger charge is 2.23. The van der Waals surface area contributed by atoms with Crippen LogP contribution in [0.1, 0.15) is 32.3 Å². The van der Waals surface area contributed by atoms with Gasteiger partial charge >= 0.3 is 0 Å². The molecule has 136 valence electrons. The molecule has 6 nitrogen and oxygen atoms in total. The molecule has 6 heteroatoms. The van der Waals surface area contributed by atoms with E-state index in [2.05, 4.69) is 24.5 Å². The minimum absolute atomic E-state index is 0.0965. The van der Waals surface area contributed by atoms with E-state index in [9.17, 15) is 9.59 Å². The van der Waals surface area contributed by atoms with Gasteiger partial charge in [0.05, 0.1) is 5.69 Å². The predicted octanol–water partition coefficient (Wildman–Crippen LogP) is 3.55. The van der Waals surface area contributed by atoms with Gasteiger partial charge < -0.3 is 20.1 Å². The van der Waals surface area contributed by atoms with Crippen LogP contribution in [-0.4, -0.2) is 24.5 Å². The standard InChI is InChI=1S/C20H22N2O4/c1-12(2)15-6-4-5-7-17(15)25-11-19(23)21-14-8-9-18-16(10-14)22-20(24)13(3)26-18/h4-10,12-13H,11H2,1-3H3,(H,21,23)(H,22,24)/t13-/m1/s1. The molecule has 3 rings (SSSR count). The first-order valence-electron chi connectivity index (χ1n) is 8.57. The van der Waals surface area contributed by atoms with Gasteiger partial charge in [0, 0.05) is 5.69 Å². The van der Waals surface area contributed by atoms with E-state index in [1.807, 2.05) is 24.3 Å². The van der Waals surface area contributed by atoms with Crippen LogP contribution in [0.2, 0.25) is 0 Å². The third kappa shape index (κ3) is 3.96. The fraction of sp³-hybridized carbons (Fsp3) is 0.300. The lowest BCUT2D eigenvalue weighted by Gasteiger charge is -2.23. The second-order valence-electron chi connectivity index (χ2n) is 6.49. The average molecular weight is 354 g/mol. The van der Waals surface area contributed by atoms with Crippen LogP contribution in [0.25, 0.3) is 0 Å². The van der Waals surface area contributed by atoms with Gasteiger partial charge in [-0.25, -0.2) is 0 Å². The molecule has 0 fully saturated rings. The molecule has 0 saturated carbocycles. The Kier molecular flexibility index (Phi) is 5.11. The van der Waals surface area contributed by atoms with Gasteiger partial charge in [0.2, 0.25) is 0 Å². The van der Waals surface area contributed by atoms with E-state index >= 15 is 0 Å². The lowest BCUT2D eigenvalue weighted by Crippen LogP contribution is -2.34. The molecule has 1 atom stereocenters. The van der Waals surface area contributed by atoms with Gasteiger partial charge in [0.1, 0.15) is 11.5 Å². The number of para-hydroxylation sites is 1. The Morgan fingerprint density at radius 3 is 2.81 bits per heavy atom. The van der Waals surface area contributed by atoms with E-state index in [1.54, 1.807) is 25.1 Å². The van der Waals surface area contributed by atoms with Gasteiger partial charge in [-0.15, -0.1) is 0 Å². The van der Waals surface area contributed by atoms with E-state index in [0.29, 0.717) is 28.8 Å². The second kappa shape index (κ2) is 7.47. The molecule has 1 aliphatic heterocycles. The molecule has 0 spiro atoms. The van der Waals surface area contributed by atoms with E-state index in [4.69, 9.17) is 9.47 Å². The van der Waals surface area contributed by atoms with Crippen molar-refractivity contribution < 1.29 is 19.1 Å². The van der Waals surface area contributed by atoms with Gasteiger partial charge in [-0.3, -0.25) is 9.59 Å². The third-order valence-corrected chi connectivity index (χ3v) is 4.09. The Morgan fingerprint density at radius 1 is 1.27 bits per heavy atom. The van der Waals surface area contributed by atoms with E-state index < -0.39 is 6.10 Å². The maximum atomic E-state index is 12.2. The largest absolute Gasteiger partial charge is 0.483 e. The van der Waals surface area contributed by atoms with Gasteiger partial charge in [0.15, 0.2) is 12.7 Å². The SMILES string of the molecule is CC(C)c1ccccc1OCC(=O)Nc1ccc2c(c1)NC(=O)[C@@H](C)O2. The smallest absolute Gasteiger partial charge is 0.265 e. The summed E-state index contributed by atoms with van der Waals surface area (Å²) in [6, 6.07) is 12.8. The van der Waals surface area contributed by atoms with Crippen molar-refractivity contribution in [1.82, 2.24) is 0 Å². The van der Waals surface area contributed by atoms with Gasteiger partial charge in [-0.1, -0.05) is 32.0 Å². The lowest BCUT2D eigenvalue weighted by atomic mass is 10.0. The van der Waals surface area contributed by atoms with Crippen molar-refractivity contribution in [1.29, 1.82) is 0 Å². The zero-order valence-electron chi connectivity index (χ0n) is 15.0. The number of fused-ring (bicyclic) bond motifs is 1. The van der Waals surface area contributed by atoms with Crippen LogP contribution in [0.15, 0.2) is 42.5 Å². The number of amides is 2. The summed E-state index contributed by atoms with van der Waals surface area (Å²) in [6.07, 6.45) is -0.530. The minimum atomic E-state index is -0.530. The fourth-order valence-electron chi connectivity index (χ4n) is 2.72. The van der Waals surface area contributed by atoms with Crippen LogP contribution in [0.3, 0.4) is 0 Å². The number of hydrogen-bond acceptors (Lipinski definition) is 4. The summed E-state index contributed by atoms with van der Waals surface area (Å²) in [5.74, 6) is 1.10. The maximum absolute atomic E-state index is 12.2. The van der Waals surface area contributed by atoms with Gasteiger partial charge in [-0.2, -0.15) is 0 Å².